The van der Waals surface area contributed by atoms with Crippen molar-refractivity contribution in [3.05, 3.63) is 48.0 Å². The van der Waals surface area contributed by atoms with E-state index in [4.69, 9.17) is 0 Å². The number of H-pyrrole nitrogens is 1. The molecule has 3 N–H and O–H groups in total. The Balaban J connectivity index is 1.58. The standard InChI is InChI=1S/C20H24N6OS/c1-13(15-10-9-14-7-5-6-8-16(14)11-15)23-24-18-21-19(26-25-18)28-12-17(27)22-20(2,3)4/h5-11H,12H2,1-4H3,(H,22,27)(H2,21,24,25,26)/b23-13-. The van der Waals surface area contributed by atoms with E-state index in [1.807, 2.05) is 45.9 Å². The average molecular weight is 397 g/mol. The van der Waals surface area contributed by atoms with Crippen LogP contribution in [0.3, 0.4) is 0 Å². The quantitative estimate of drug-likeness (QED) is 0.335. The largest absolute Gasteiger partial charge is 0.351 e. The molecule has 0 aliphatic heterocycles. The first-order valence-electron chi connectivity index (χ1n) is 8.96. The van der Waals surface area contributed by atoms with E-state index in [9.17, 15) is 4.79 Å². The average Bonchev–Trinajstić information content (AvgIpc) is 3.10. The molecule has 3 aromatic rings. The van der Waals surface area contributed by atoms with Gasteiger partial charge in [-0.25, -0.2) is 10.5 Å². The first kappa shape index (κ1) is 19.9. The van der Waals surface area contributed by atoms with Crippen LogP contribution in [0.25, 0.3) is 10.8 Å². The smallest absolute Gasteiger partial charge is 0.240 e. The molecule has 0 unspecified atom stereocenters. The van der Waals surface area contributed by atoms with E-state index < -0.39 is 0 Å². The van der Waals surface area contributed by atoms with Crippen LogP contribution in [0.1, 0.15) is 33.3 Å². The molecule has 0 aliphatic rings. The first-order valence-corrected chi connectivity index (χ1v) is 9.94. The van der Waals surface area contributed by atoms with Crippen LogP contribution < -0.4 is 10.7 Å². The number of aromatic amines is 1. The molecule has 0 saturated carbocycles. The number of fused-ring (bicyclic) bond motifs is 1. The van der Waals surface area contributed by atoms with E-state index in [1.165, 1.54) is 22.5 Å². The zero-order valence-corrected chi connectivity index (χ0v) is 17.2. The molecule has 0 fully saturated rings. The van der Waals surface area contributed by atoms with Crippen molar-refractivity contribution in [1.29, 1.82) is 0 Å². The maximum atomic E-state index is 11.9. The summed E-state index contributed by atoms with van der Waals surface area (Å²) in [4.78, 5) is 16.2. The molecule has 8 heteroatoms. The number of anilines is 1. The van der Waals surface area contributed by atoms with Gasteiger partial charge >= 0.3 is 0 Å². The third-order valence-corrected chi connectivity index (χ3v) is 4.66. The SMILES string of the molecule is C/C(=N/Nc1nc(SCC(=O)NC(C)(C)C)n[nH]1)c1ccc2ccccc2c1. The lowest BCUT2D eigenvalue weighted by atomic mass is 10.0. The topological polar surface area (TPSA) is 95.1 Å². The van der Waals surface area contributed by atoms with Crippen molar-refractivity contribution in [3.8, 4) is 0 Å². The van der Waals surface area contributed by atoms with Crippen LogP contribution in [0.2, 0.25) is 0 Å². The number of aromatic nitrogens is 3. The van der Waals surface area contributed by atoms with Crippen molar-refractivity contribution in [2.24, 2.45) is 5.10 Å². The van der Waals surface area contributed by atoms with Gasteiger partial charge in [0.15, 0.2) is 0 Å². The van der Waals surface area contributed by atoms with Crippen LogP contribution in [0, 0.1) is 0 Å². The van der Waals surface area contributed by atoms with E-state index in [0.29, 0.717) is 11.1 Å². The summed E-state index contributed by atoms with van der Waals surface area (Å²) in [5, 5.41) is 17.0. The molecule has 146 valence electrons. The minimum absolute atomic E-state index is 0.0537. The number of thioether (sulfide) groups is 1. The van der Waals surface area contributed by atoms with Gasteiger partial charge in [0.2, 0.25) is 17.0 Å². The number of amides is 1. The molecule has 0 saturated heterocycles. The van der Waals surface area contributed by atoms with Crippen LogP contribution in [-0.2, 0) is 4.79 Å². The summed E-state index contributed by atoms with van der Waals surface area (Å²) in [6, 6.07) is 14.4. The lowest BCUT2D eigenvalue weighted by molar-refractivity contribution is -0.119. The van der Waals surface area contributed by atoms with Crippen LogP contribution in [0.5, 0.6) is 0 Å². The number of benzene rings is 2. The Kier molecular flexibility index (Phi) is 5.99. The second-order valence-corrected chi connectivity index (χ2v) is 8.37. The van der Waals surface area contributed by atoms with Gasteiger partial charge in [0, 0.05) is 5.54 Å². The molecule has 3 rings (SSSR count). The fourth-order valence-corrected chi connectivity index (χ4v) is 3.16. The molecule has 0 bridgehead atoms. The summed E-state index contributed by atoms with van der Waals surface area (Å²) < 4.78 is 0. The third-order valence-electron chi connectivity index (χ3n) is 3.81. The molecule has 0 atom stereocenters. The molecule has 0 spiro atoms. The van der Waals surface area contributed by atoms with Crippen LogP contribution in [0.4, 0.5) is 5.95 Å². The van der Waals surface area contributed by atoms with Crippen molar-refractivity contribution >= 4 is 40.1 Å². The number of hydrazone groups is 1. The van der Waals surface area contributed by atoms with E-state index in [0.717, 1.165) is 11.3 Å². The molecular formula is C20H24N6OS. The summed E-state index contributed by atoms with van der Waals surface area (Å²) in [5.41, 5.74) is 4.49. The Hall–Kier alpha value is -2.87. The highest BCUT2D eigenvalue weighted by Crippen LogP contribution is 2.17. The van der Waals surface area contributed by atoms with Crippen molar-refractivity contribution in [2.75, 3.05) is 11.2 Å². The predicted octanol–water partition coefficient (Wildman–Crippen LogP) is 3.80. The second kappa shape index (κ2) is 8.43. The predicted molar refractivity (Wildman–Crippen MR) is 115 cm³/mol. The second-order valence-electron chi connectivity index (χ2n) is 7.42. The van der Waals surface area contributed by atoms with Crippen LogP contribution >= 0.6 is 11.8 Å². The maximum absolute atomic E-state index is 11.9. The number of nitrogens with zero attached hydrogens (tertiary/aromatic N) is 3. The van der Waals surface area contributed by atoms with Gasteiger partial charge in [0.25, 0.3) is 0 Å². The lowest BCUT2D eigenvalue weighted by Crippen LogP contribution is -2.41. The van der Waals surface area contributed by atoms with Gasteiger partial charge in [-0.05, 0) is 50.1 Å². The fraction of sp³-hybridized carbons (Fsp3) is 0.300. The summed E-state index contributed by atoms with van der Waals surface area (Å²) in [7, 11) is 0. The van der Waals surface area contributed by atoms with Crippen molar-refractivity contribution in [2.45, 2.75) is 38.4 Å². The van der Waals surface area contributed by atoms with Gasteiger partial charge < -0.3 is 5.32 Å². The maximum Gasteiger partial charge on any atom is 0.240 e. The highest BCUT2D eigenvalue weighted by Gasteiger charge is 2.14. The number of hydrogen-bond donors (Lipinski definition) is 3. The molecule has 1 aromatic heterocycles. The Morgan fingerprint density at radius 3 is 2.68 bits per heavy atom. The van der Waals surface area contributed by atoms with Crippen LogP contribution in [0.15, 0.2) is 52.7 Å². The van der Waals surface area contributed by atoms with Gasteiger partial charge in [-0.3, -0.25) is 4.79 Å². The number of carbonyl (C=O) groups excluding carboxylic acids is 1. The summed E-state index contributed by atoms with van der Waals surface area (Å²) in [5.74, 6) is 0.634. The third kappa shape index (κ3) is 5.56. The minimum Gasteiger partial charge on any atom is -0.351 e. The Bertz CT molecular complexity index is 1010. The normalized spacial score (nSPS) is 12.2. The molecule has 0 aliphatic carbocycles. The molecule has 28 heavy (non-hydrogen) atoms. The van der Waals surface area contributed by atoms with Gasteiger partial charge in [-0.1, -0.05) is 48.2 Å². The first-order chi connectivity index (χ1) is 13.3. The summed E-state index contributed by atoms with van der Waals surface area (Å²) >= 11 is 1.27. The number of nitrogens with one attached hydrogen (secondary N) is 3. The minimum atomic E-state index is -0.252. The summed E-state index contributed by atoms with van der Waals surface area (Å²) in [6.07, 6.45) is 0. The molecule has 1 heterocycles. The summed E-state index contributed by atoms with van der Waals surface area (Å²) in [6.45, 7) is 7.76. The van der Waals surface area contributed by atoms with E-state index in [1.54, 1.807) is 0 Å². The highest BCUT2D eigenvalue weighted by molar-refractivity contribution is 7.99. The number of hydrogen-bond acceptors (Lipinski definition) is 6. The Morgan fingerprint density at radius 2 is 1.93 bits per heavy atom. The van der Waals surface area contributed by atoms with E-state index in [2.05, 4.69) is 55.3 Å². The number of carbonyl (C=O) groups is 1. The van der Waals surface area contributed by atoms with Crippen molar-refractivity contribution in [1.82, 2.24) is 20.5 Å². The fourth-order valence-electron chi connectivity index (χ4n) is 2.56. The zero-order chi connectivity index (χ0) is 20.1. The van der Waals surface area contributed by atoms with Gasteiger partial charge in [0.05, 0.1) is 11.5 Å². The van der Waals surface area contributed by atoms with Gasteiger partial charge in [-0.15, -0.1) is 5.10 Å². The Labute approximate surface area is 168 Å². The molecule has 2 aromatic carbocycles. The van der Waals surface area contributed by atoms with Gasteiger partial charge in [-0.2, -0.15) is 10.1 Å². The molecule has 7 nitrogen and oxygen atoms in total. The zero-order valence-electron chi connectivity index (χ0n) is 16.4. The van der Waals surface area contributed by atoms with E-state index in [-0.39, 0.29) is 17.2 Å². The lowest BCUT2D eigenvalue weighted by Gasteiger charge is -2.19. The number of rotatable bonds is 6. The highest BCUT2D eigenvalue weighted by atomic mass is 32.2. The monoisotopic (exact) mass is 396 g/mol. The molecular weight excluding hydrogens is 372 g/mol. The Morgan fingerprint density at radius 1 is 1.18 bits per heavy atom. The van der Waals surface area contributed by atoms with Gasteiger partial charge in [0.1, 0.15) is 0 Å². The van der Waals surface area contributed by atoms with Crippen LogP contribution in [-0.4, -0.2) is 38.1 Å². The molecule has 1 amide bonds. The van der Waals surface area contributed by atoms with Crippen molar-refractivity contribution in [3.63, 3.8) is 0 Å². The molecule has 0 radical (unpaired) electrons. The van der Waals surface area contributed by atoms with Crippen molar-refractivity contribution < 1.29 is 4.79 Å². The van der Waals surface area contributed by atoms with E-state index >= 15 is 0 Å².